The van der Waals surface area contributed by atoms with Crippen LogP contribution in [0, 0.1) is 5.82 Å². The largest absolute Gasteiger partial charge is 0.497 e. The van der Waals surface area contributed by atoms with Crippen LogP contribution >= 0.6 is 11.8 Å². The van der Waals surface area contributed by atoms with Gasteiger partial charge in [-0.3, -0.25) is 14.5 Å². The van der Waals surface area contributed by atoms with Crippen LogP contribution in [0.15, 0.2) is 66.7 Å². The number of benzene rings is 3. The molecular formula is C24H21FN2O4S. The molecule has 1 fully saturated rings. The van der Waals surface area contributed by atoms with E-state index < -0.39 is 5.82 Å². The highest BCUT2D eigenvalue weighted by molar-refractivity contribution is 8.00. The smallest absolute Gasteiger partial charge is 0.255 e. The number of halogens is 1. The third-order valence-electron chi connectivity index (χ3n) is 5.00. The van der Waals surface area contributed by atoms with E-state index in [0.29, 0.717) is 34.2 Å². The van der Waals surface area contributed by atoms with Gasteiger partial charge < -0.3 is 14.8 Å². The van der Waals surface area contributed by atoms with E-state index in [1.807, 2.05) is 18.2 Å². The van der Waals surface area contributed by atoms with Crippen molar-refractivity contribution in [1.82, 2.24) is 0 Å². The van der Waals surface area contributed by atoms with Crippen LogP contribution < -0.4 is 19.7 Å². The molecule has 1 saturated heterocycles. The van der Waals surface area contributed by atoms with E-state index in [-0.39, 0.29) is 17.2 Å². The van der Waals surface area contributed by atoms with Crippen molar-refractivity contribution in [3.63, 3.8) is 0 Å². The summed E-state index contributed by atoms with van der Waals surface area (Å²) in [4.78, 5) is 26.9. The van der Waals surface area contributed by atoms with Gasteiger partial charge in [0.05, 0.1) is 20.0 Å². The molecule has 4 rings (SSSR count). The van der Waals surface area contributed by atoms with Crippen LogP contribution in [0.4, 0.5) is 15.8 Å². The molecule has 0 radical (unpaired) electrons. The lowest BCUT2D eigenvalue weighted by Gasteiger charge is -2.24. The normalized spacial score (nSPS) is 15.5. The van der Waals surface area contributed by atoms with Crippen molar-refractivity contribution < 1.29 is 23.5 Å². The van der Waals surface area contributed by atoms with Gasteiger partial charge in [-0.2, -0.15) is 0 Å². The Bertz CT molecular complexity index is 1150. The van der Waals surface area contributed by atoms with E-state index in [9.17, 15) is 14.0 Å². The third-order valence-corrected chi connectivity index (χ3v) is 6.21. The van der Waals surface area contributed by atoms with E-state index in [0.717, 1.165) is 5.56 Å². The van der Waals surface area contributed by atoms with Gasteiger partial charge in [-0.25, -0.2) is 4.39 Å². The van der Waals surface area contributed by atoms with Gasteiger partial charge in [-0.15, -0.1) is 11.8 Å². The zero-order chi connectivity index (χ0) is 22.7. The first-order chi connectivity index (χ1) is 15.5. The summed E-state index contributed by atoms with van der Waals surface area (Å²) in [5.41, 5.74) is 2.29. The lowest BCUT2D eigenvalue weighted by Crippen LogP contribution is -2.27. The van der Waals surface area contributed by atoms with E-state index in [1.165, 1.54) is 38.1 Å². The van der Waals surface area contributed by atoms with E-state index in [2.05, 4.69) is 5.32 Å². The first kappa shape index (κ1) is 21.7. The highest BCUT2D eigenvalue weighted by Crippen LogP contribution is 2.42. The van der Waals surface area contributed by atoms with Gasteiger partial charge in [-0.05, 0) is 48.0 Å². The summed E-state index contributed by atoms with van der Waals surface area (Å²) in [6.45, 7) is 0. The molecule has 0 saturated carbocycles. The molecule has 6 nitrogen and oxygen atoms in total. The van der Waals surface area contributed by atoms with E-state index in [4.69, 9.17) is 9.47 Å². The second-order valence-electron chi connectivity index (χ2n) is 7.09. The third kappa shape index (κ3) is 4.55. The molecule has 1 N–H and O–H groups in total. The summed E-state index contributed by atoms with van der Waals surface area (Å²) in [6.07, 6.45) is 0. The van der Waals surface area contributed by atoms with Gasteiger partial charge in [0.2, 0.25) is 5.91 Å². The molecule has 1 aliphatic heterocycles. The fraction of sp³-hybridized carbons (Fsp3) is 0.167. The second kappa shape index (κ2) is 9.32. The number of methoxy groups -OCH3 is 2. The lowest BCUT2D eigenvalue weighted by molar-refractivity contribution is -0.115. The molecule has 1 heterocycles. The Kier molecular flexibility index (Phi) is 6.32. The second-order valence-corrected chi connectivity index (χ2v) is 8.16. The van der Waals surface area contributed by atoms with Gasteiger partial charge in [0.15, 0.2) is 0 Å². The average molecular weight is 453 g/mol. The summed E-state index contributed by atoms with van der Waals surface area (Å²) >= 11 is 1.45. The standard InChI is InChI=1S/C24H21FN2O4S/c1-30-20-10-16(11-21(13-20)31-2)23(29)26-18-7-3-5-15(9-18)24-27(22(28)14-32-24)19-8-4-6-17(25)12-19/h3-13,24H,14H2,1-2H3,(H,26,29). The van der Waals surface area contributed by atoms with Crippen LogP contribution in [0.3, 0.4) is 0 Å². The minimum Gasteiger partial charge on any atom is -0.497 e. The van der Waals surface area contributed by atoms with Gasteiger partial charge >= 0.3 is 0 Å². The summed E-state index contributed by atoms with van der Waals surface area (Å²) in [7, 11) is 3.04. The Hall–Kier alpha value is -3.52. The Morgan fingerprint density at radius 1 is 1.03 bits per heavy atom. The number of carbonyl (C=O) groups is 2. The summed E-state index contributed by atoms with van der Waals surface area (Å²) in [6, 6.07) is 18.2. The molecule has 164 valence electrons. The SMILES string of the molecule is COc1cc(OC)cc(C(=O)Nc2cccc(C3SCC(=O)N3c3cccc(F)c3)c2)c1. The van der Waals surface area contributed by atoms with Gasteiger partial charge in [0.1, 0.15) is 22.7 Å². The van der Waals surface area contributed by atoms with Crippen LogP contribution in [0.5, 0.6) is 11.5 Å². The number of rotatable bonds is 6. The van der Waals surface area contributed by atoms with Gasteiger partial charge in [0.25, 0.3) is 5.91 Å². The molecule has 8 heteroatoms. The molecule has 0 spiro atoms. The molecule has 0 aromatic heterocycles. The Labute approximate surface area is 189 Å². The number of anilines is 2. The van der Waals surface area contributed by atoms with Crippen molar-refractivity contribution in [2.75, 3.05) is 30.2 Å². The molecular weight excluding hydrogens is 431 g/mol. The maximum Gasteiger partial charge on any atom is 0.255 e. The van der Waals surface area contributed by atoms with Crippen molar-refractivity contribution in [2.24, 2.45) is 0 Å². The van der Waals surface area contributed by atoms with E-state index in [1.54, 1.807) is 41.3 Å². The molecule has 0 bridgehead atoms. The number of hydrogen-bond acceptors (Lipinski definition) is 5. The van der Waals surface area contributed by atoms with Crippen LogP contribution in [-0.4, -0.2) is 31.8 Å². The topological polar surface area (TPSA) is 67.9 Å². The predicted molar refractivity (Wildman–Crippen MR) is 123 cm³/mol. The van der Waals surface area contributed by atoms with Crippen molar-refractivity contribution in [1.29, 1.82) is 0 Å². The molecule has 2 amide bonds. The van der Waals surface area contributed by atoms with Crippen molar-refractivity contribution in [3.05, 3.63) is 83.7 Å². The highest BCUT2D eigenvalue weighted by Gasteiger charge is 2.34. The summed E-state index contributed by atoms with van der Waals surface area (Å²) in [5.74, 6) is 0.492. The quantitative estimate of drug-likeness (QED) is 0.578. The molecule has 32 heavy (non-hydrogen) atoms. The maximum atomic E-state index is 13.7. The number of hydrogen-bond donors (Lipinski definition) is 1. The minimum atomic E-state index is -0.402. The summed E-state index contributed by atoms with van der Waals surface area (Å²) in [5, 5.41) is 2.56. The van der Waals surface area contributed by atoms with Crippen LogP contribution in [0.25, 0.3) is 0 Å². The fourth-order valence-corrected chi connectivity index (χ4v) is 4.65. The van der Waals surface area contributed by atoms with E-state index >= 15 is 0 Å². The zero-order valence-corrected chi connectivity index (χ0v) is 18.3. The number of carbonyl (C=O) groups excluding carboxylic acids is 2. The summed E-state index contributed by atoms with van der Waals surface area (Å²) < 4.78 is 24.2. The molecule has 3 aromatic rings. The molecule has 1 atom stereocenters. The molecule has 3 aromatic carbocycles. The van der Waals surface area contributed by atoms with Crippen LogP contribution in [-0.2, 0) is 4.79 Å². The van der Waals surface area contributed by atoms with Crippen molar-refractivity contribution >= 4 is 35.0 Å². The predicted octanol–water partition coefficient (Wildman–Crippen LogP) is 4.87. The lowest BCUT2D eigenvalue weighted by atomic mass is 10.1. The minimum absolute atomic E-state index is 0.0940. The molecule has 0 aliphatic carbocycles. The van der Waals surface area contributed by atoms with Crippen LogP contribution in [0.2, 0.25) is 0 Å². The molecule has 1 aliphatic rings. The zero-order valence-electron chi connectivity index (χ0n) is 17.5. The first-order valence-corrected chi connectivity index (χ1v) is 10.9. The maximum absolute atomic E-state index is 13.7. The van der Waals surface area contributed by atoms with Crippen LogP contribution in [0.1, 0.15) is 21.3 Å². The average Bonchev–Trinajstić information content (AvgIpc) is 3.20. The Balaban J connectivity index is 1.58. The Morgan fingerprint density at radius 3 is 2.44 bits per heavy atom. The fourth-order valence-electron chi connectivity index (χ4n) is 3.49. The van der Waals surface area contributed by atoms with Crippen molar-refractivity contribution in [2.45, 2.75) is 5.37 Å². The monoisotopic (exact) mass is 452 g/mol. The number of thioether (sulfide) groups is 1. The highest BCUT2D eigenvalue weighted by atomic mass is 32.2. The van der Waals surface area contributed by atoms with Crippen molar-refractivity contribution in [3.8, 4) is 11.5 Å². The number of amides is 2. The van der Waals surface area contributed by atoms with Gasteiger partial charge in [0, 0.05) is 23.0 Å². The number of nitrogens with zero attached hydrogens (tertiary/aromatic N) is 1. The number of ether oxygens (including phenoxy) is 2. The Morgan fingerprint density at radius 2 is 1.75 bits per heavy atom. The van der Waals surface area contributed by atoms with Gasteiger partial charge in [-0.1, -0.05) is 18.2 Å². The molecule has 1 unspecified atom stereocenters. The number of nitrogens with one attached hydrogen (secondary N) is 1. The first-order valence-electron chi connectivity index (χ1n) is 9.82.